The summed E-state index contributed by atoms with van der Waals surface area (Å²) in [5.41, 5.74) is 25.5. The highest BCUT2D eigenvalue weighted by molar-refractivity contribution is 7.28. The number of fused-ring (bicyclic) bond motifs is 10. The molecule has 0 atom stereocenters. The van der Waals surface area contributed by atoms with Crippen molar-refractivity contribution < 1.29 is 0 Å². The summed E-state index contributed by atoms with van der Waals surface area (Å²) in [6.45, 7) is 34.0. The number of thiophene rings is 1. The quantitative estimate of drug-likeness (QED) is 0.162. The van der Waals surface area contributed by atoms with Crippen molar-refractivity contribution in [3.8, 4) is 22.3 Å². The molecule has 76 heavy (non-hydrogen) atoms. The summed E-state index contributed by atoms with van der Waals surface area (Å²) in [5.74, 6) is 0. The third kappa shape index (κ3) is 7.46. The third-order valence-corrected chi connectivity index (χ3v) is 20.1. The molecule has 0 saturated carbocycles. The molecule has 2 aliphatic carbocycles. The Bertz CT molecular complexity index is 3860. The average molecular weight is 1010 g/mol. The molecule has 0 spiro atoms. The van der Waals surface area contributed by atoms with Gasteiger partial charge in [0.2, 0.25) is 0 Å². The lowest BCUT2D eigenvalue weighted by Gasteiger charge is -2.48. The van der Waals surface area contributed by atoms with E-state index in [1.165, 1.54) is 133 Å². The van der Waals surface area contributed by atoms with Crippen molar-refractivity contribution in [3.63, 3.8) is 0 Å². The minimum Gasteiger partial charge on any atom is -0.311 e. The van der Waals surface area contributed by atoms with E-state index >= 15 is 0 Å². The van der Waals surface area contributed by atoms with Gasteiger partial charge in [0.05, 0.1) is 5.69 Å². The maximum Gasteiger partial charge on any atom is 0.254 e. The SMILES string of the molecule is CC(C)(C)c1ccc(N2c3cc(-c4ccccc4)cc4c3B(c3cc5c(cc3N4c3ccc4c(c3)C(C)(C)CCC4(C)C)C(C)(C)CCC5(C)C)c3c2ccc2c3sc3cccc(C(C)(C)C)c32)c(-c2ccccc2)c1. The van der Waals surface area contributed by atoms with Crippen molar-refractivity contribution in [1.29, 1.82) is 0 Å². The van der Waals surface area contributed by atoms with Crippen LogP contribution in [-0.4, -0.2) is 6.71 Å². The zero-order valence-electron chi connectivity index (χ0n) is 47.6. The van der Waals surface area contributed by atoms with Crippen LogP contribution in [0.4, 0.5) is 34.1 Å². The Balaban J connectivity index is 1.23. The number of hydrogen-bond acceptors (Lipinski definition) is 3. The molecular weight excluding hydrogens is 936 g/mol. The van der Waals surface area contributed by atoms with Gasteiger partial charge in [0.15, 0.2) is 0 Å². The van der Waals surface area contributed by atoms with Crippen LogP contribution in [0.25, 0.3) is 42.4 Å². The molecule has 2 nitrogen and oxygen atoms in total. The highest BCUT2D eigenvalue weighted by atomic mass is 32.1. The summed E-state index contributed by atoms with van der Waals surface area (Å²) in [7, 11) is 0. The van der Waals surface area contributed by atoms with Crippen LogP contribution < -0.4 is 26.2 Å². The average Bonchev–Trinajstić information content (AvgIpc) is 3.86. The van der Waals surface area contributed by atoms with E-state index in [1.54, 1.807) is 0 Å². The minimum atomic E-state index is -0.0460. The van der Waals surface area contributed by atoms with Crippen molar-refractivity contribution in [2.45, 2.75) is 155 Å². The van der Waals surface area contributed by atoms with E-state index in [0.29, 0.717) is 0 Å². The number of nitrogens with zero attached hydrogens (tertiary/aromatic N) is 2. The fourth-order valence-electron chi connectivity index (χ4n) is 14.1. The van der Waals surface area contributed by atoms with Crippen LogP contribution in [0.2, 0.25) is 0 Å². The molecule has 9 aromatic rings. The molecule has 2 aliphatic heterocycles. The highest BCUT2D eigenvalue weighted by Gasteiger charge is 2.49. The van der Waals surface area contributed by atoms with Crippen LogP contribution in [0.15, 0.2) is 152 Å². The molecule has 0 N–H and O–H groups in total. The van der Waals surface area contributed by atoms with Crippen molar-refractivity contribution in [2.24, 2.45) is 0 Å². The molecule has 1 aromatic heterocycles. The fourth-order valence-corrected chi connectivity index (χ4v) is 15.4. The number of hydrogen-bond donors (Lipinski definition) is 0. The Morgan fingerprint density at radius 1 is 0.434 bits per heavy atom. The van der Waals surface area contributed by atoms with Crippen molar-refractivity contribution >= 4 is 88.7 Å². The van der Waals surface area contributed by atoms with Gasteiger partial charge in [-0.2, -0.15) is 0 Å². The normalized spacial score (nSPS) is 17.7. The lowest BCUT2D eigenvalue weighted by Crippen LogP contribution is -2.62. The summed E-state index contributed by atoms with van der Waals surface area (Å²) in [4.78, 5) is 5.44. The van der Waals surface area contributed by atoms with E-state index < -0.39 is 0 Å². The summed E-state index contributed by atoms with van der Waals surface area (Å²) < 4.78 is 2.75. The summed E-state index contributed by atoms with van der Waals surface area (Å²) in [5, 5.41) is 2.77. The van der Waals surface area contributed by atoms with Crippen LogP contribution in [0.5, 0.6) is 0 Å². The van der Waals surface area contributed by atoms with Gasteiger partial charge in [-0.15, -0.1) is 11.3 Å². The lowest BCUT2D eigenvalue weighted by molar-refractivity contribution is 0.332. The molecule has 0 bridgehead atoms. The van der Waals surface area contributed by atoms with Crippen molar-refractivity contribution in [3.05, 3.63) is 185 Å². The molecule has 4 heteroatoms. The van der Waals surface area contributed by atoms with Crippen LogP contribution in [0.3, 0.4) is 0 Å². The van der Waals surface area contributed by atoms with Gasteiger partial charge < -0.3 is 9.80 Å². The molecular formula is C72H75BN2S. The number of anilines is 6. The Labute approximate surface area is 458 Å². The number of rotatable bonds is 4. The number of benzene rings is 8. The predicted molar refractivity (Wildman–Crippen MR) is 332 cm³/mol. The van der Waals surface area contributed by atoms with E-state index in [0.717, 1.165) is 19.3 Å². The highest BCUT2D eigenvalue weighted by Crippen LogP contribution is 2.55. The lowest BCUT2D eigenvalue weighted by atomic mass is 9.33. The smallest absolute Gasteiger partial charge is 0.254 e. The molecule has 0 radical (unpaired) electrons. The second kappa shape index (κ2) is 16.6. The zero-order valence-corrected chi connectivity index (χ0v) is 48.5. The Morgan fingerprint density at radius 3 is 1.64 bits per heavy atom. The van der Waals surface area contributed by atoms with Gasteiger partial charge in [0.1, 0.15) is 0 Å². The topological polar surface area (TPSA) is 6.48 Å². The first-order chi connectivity index (χ1) is 35.9. The third-order valence-electron chi connectivity index (χ3n) is 18.9. The summed E-state index contributed by atoms with van der Waals surface area (Å²) in [6.07, 6.45) is 4.66. The molecule has 0 fully saturated rings. The molecule has 13 rings (SSSR count). The van der Waals surface area contributed by atoms with Gasteiger partial charge in [0.25, 0.3) is 6.71 Å². The Morgan fingerprint density at radius 2 is 1.01 bits per heavy atom. The Hall–Kier alpha value is -6.36. The summed E-state index contributed by atoms with van der Waals surface area (Å²) >= 11 is 2.01. The van der Waals surface area contributed by atoms with E-state index in [-0.39, 0.29) is 39.2 Å². The fraction of sp³-hybridized carbons (Fsp3) is 0.333. The van der Waals surface area contributed by atoms with Crippen molar-refractivity contribution in [2.75, 3.05) is 9.80 Å². The molecule has 3 heterocycles. The van der Waals surface area contributed by atoms with Gasteiger partial charge in [0, 0.05) is 54.2 Å². The van der Waals surface area contributed by atoms with Gasteiger partial charge in [-0.1, -0.05) is 194 Å². The minimum absolute atomic E-state index is 0.0144. The van der Waals surface area contributed by atoms with E-state index in [4.69, 9.17) is 0 Å². The summed E-state index contributed by atoms with van der Waals surface area (Å²) in [6, 6.07) is 59.9. The maximum atomic E-state index is 2.74. The van der Waals surface area contributed by atoms with Crippen LogP contribution in [0.1, 0.15) is 156 Å². The van der Waals surface area contributed by atoms with E-state index in [9.17, 15) is 0 Å². The van der Waals surface area contributed by atoms with Gasteiger partial charge in [-0.05, 0) is 179 Å². The molecule has 382 valence electrons. The largest absolute Gasteiger partial charge is 0.311 e. The monoisotopic (exact) mass is 1010 g/mol. The molecule has 0 unspecified atom stereocenters. The zero-order chi connectivity index (χ0) is 53.2. The van der Waals surface area contributed by atoms with E-state index in [2.05, 4.69) is 258 Å². The van der Waals surface area contributed by atoms with Crippen LogP contribution in [0, 0.1) is 0 Å². The maximum absolute atomic E-state index is 2.74. The molecule has 0 saturated heterocycles. The second-order valence-electron chi connectivity index (χ2n) is 27.9. The van der Waals surface area contributed by atoms with Gasteiger partial charge in [-0.25, -0.2) is 0 Å². The molecule has 4 aliphatic rings. The van der Waals surface area contributed by atoms with Gasteiger partial charge in [-0.3, -0.25) is 0 Å². The molecule has 0 amide bonds. The first kappa shape index (κ1) is 49.2. The van der Waals surface area contributed by atoms with Crippen LogP contribution in [-0.2, 0) is 32.5 Å². The first-order valence-corrected chi connectivity index (χ1v) is 29.1. The Kier molecular flexibility index (Phi) is 10.7. The van der Waals surface area contributed by atoms with Crippen molar-refractivity contribution in [1.82, 2.24) is 0 Å². The standard InChI is InChI=1S/C72H75BN2S/c1-67(2,3)47-28-32-57(50(40-47)45-24-19-16-20-25-45)75-58-33-30-49-63-52(68(4,5)6)26-21-27-62(63)76-66(49)65(58)73-56-42-54-55(72(13,14)37-36-71(54,11)12)43-59(56)74(48-29-31-51-53(41-48)70(9,10)35-34-69(51,7)8)60-38-46(39-61(75)64(60)73)44-22-17-15-18-23-44/h15-33,38-43H,34-37H2,1-14H3. The predicted octanol–water partition coefficient (Wildman–Crippen LogP) is 18.8. The van der Waals surface area contributed by atoms with E-state index in [1.807, 2.05) is 11.3 Å². The molecule has 8 aromatic carbocycles. The first-order valence-electron chi connectivity index (χ1n) is 28.3. The second-order valence-corrected chi connectivity index (χ2v) is 28.9. The van der Waals surface area contributed by atoms with Gasteiger partial charge >= 0.3 is 0 Å². The van der Waals surface area contributed by atoms with Crippen LogP contribution >= 0.6 is 11.3 Å².